The molecule has 3 aliphatic rings. The maximum atomic E-state index is 4.51. The molecule has 10 rings (SSSR count). The van der Waals surface area contributed by atoms with Crippen LogP contribution in [0.2, 0.25) is 0 Å². The lowest BCUT2D eigenvalue weighted by Crippen LogP contribution is -2.16. The van der Waals surface area contributed by atoms with Gasteiger partial charge < -0.3 is 9.47 Å². The van der Waals surface area contributed by atoms with Gasteiger partial charge in [-0.1, -0.05) is 118 Å². The summed E-state index contributed by atoms with van der Waals surface area (Å²) in [6, 6.07) is 51.9. The molecule has 0 saturated carbocycles. The number of anilines is 3. The van der Waals surface area contributed by atoms with Crippen molar-refractivity contribution in [2.75, 3.05) is 11.4 Å². The Morgan fingerprint density at radius 2 is 1.37 bits per heavy atom. The van der Waals surface area contributed by atoms with E-state index in [4.69, 9.17) is 0 Å². The largest absolute Gasteiger partial charge is 0.313 e. The van der Waals surface area contributed by atoms with Gasteiger partial charge in [-0.2, -0.15) is 0 Å². The molecule has 0 N–H and O–H groups in total. The summed E-state index contributed by atoms with van der Waals surface area (Å²) >= 11 is 0. The minimum atomic E-state index is -0.0836. The number of fused-ring (bicyclic) bond motifs is 6. The number of dihydropyridines is 1. The van der Waals surface area contributed by atoms with Crippen LogP contribution in [0.3, 0.4) is 0 Å². The number of hydrogen-bond acceptors (Lipinski definition) is 2. The van der Waals surface area contributed by atoms with E-state index in [2.05, 4.69) is 199 Å². The van der Waals surface area contributed by atoms with Gasteiger partial charge in [0, 0.05) is 63.5 Å². The Morgan fingerprint density at radius 1 is 0.667 bits per heavy atom. The number of para-hydroxylation sites is 1. The first-order chi connectivity index (χ1) is 26.4. The molecule has 1 aliphatic heterocycles. The number of rotatable bonds is 6. The molecule has 2 aliphatic carbocycles. The lowest BCUT2D eigenvalue weighted by Gasteiger charge is -2.28. The van der Waals surface area contributed by atoms with Gasteiger partial charge >= 0.3 is 0 Å². The van der Waals surface area contributed by atoms with Gasteiger partial charge in [0.25, 0.3) is 0 Å². The topological polar surface area (TPSA) is 20.5 Å². The zero-order valence-corrected chi connectivity index (χ0v) is 31.1. The Labute approximate surface area is 318 Å². The number of benzene rings is 6. The summed E-state index contributed by atoms with van der Waals surface area (Å²) in [5.41, 5.74) is 17.7. The fraction of sp³-hybridized carbons (Fsp3) is 0.157. The second kappa shape index (κ2) is 12.7. The molecular formula is C51H43N3. The molecule has 2 heterocycles. The van der Waals surface area contributed by atoms with Crippen molar-refractivity contribution >= 4 is 40.3 Å². The van der Waals surface area contributed by atoms with Crippen molar-refractivity contribution in [2.45, 2.75) is 38.5 Å². The minimum Gasteiger partial charge on any atom is -0.313 e. The van der Waals surface area contributed by atoms with Crippen molar-refractivity contribution in [1.29, 1.82) is 0 Å². The molecule has 0 spiro atoms. The van der Waals surface area contributed by atoms with E-state index in [1.165, 1.54) is 66.8 Å². The molecule has 0 saturated heterocycles. The third-order valence-corrected chi connectivity index (χ3v) is 11.9. The molecule has 54 heavy (non-hydrogen) atoms. The van der Waals surface area contributed by atoms with E-state index in [0.29, 0.717) is 11.8 Å². The highest BCUT2D eigenvalue weighted by Gasteiger charge is 2.35. The van der Waals surface area contributed by atoms with Gasteiger partial charge in [-0.25, -0.2) is 0 Å². The lowest BCUT2D eigenvalue weighted by atomic mass is 9.82. The summed E-state index contributed by atoms with van der Waals surface area (Å²) in [7, 11) is 0. The van der Waals surface area contributed by atoms with E-state index in [0.717, 1.165) is 30.0 Å². The summed E-state index contributed by atoms with van der Waals surface area (Å²) in [5.74, 6) is 0.822. The van der Waals surface area contributed by atoms with Crippen LogP contribution in [0, 0.1) is 5.92 Å². The van der Waals surface area contributed by atoms with Gasteiger partial charge in [-0.3, -0.25) is 4.99 Å². The van der Waals surface area contributed by atoms with Crippen LogP contribution in [0.1, 0.15) is 54.6 Å². The first-order valence-electron chi connectivity index (χ1n) is 19.3. The van der Waals surface area contributed by atoms with Crippen molar-refractivity contribution < 1.29 is 0 Å². The van der Waals surface area contributed by atoms with Gasteiger partial charge in [0.05, 0.1) is 5.52 Å². The maximum absolute atomic E-state index is 4.51. The fourth-order valence-corrected chi connectivity index (χ4v) is 9.09. The first kappa shape index (κ1) is 32.5. The highest BCUT2D eigenvalue weighted by molar-refractivity contribution is 5.96. The molecule has 3 heteroatoms. The van der Waals surface area contributed by atoms with Crippen LogP contribution < -0.4 is 4.90 Å². The monoisotopic (exact) mass is 697 g/mol. The van der Waals surface area contributed by atoms with E-state index in [-0.39, 0.29) is 5.41 Å². The number of hydrogen-bond donors (Lipinski definition) is 0. The van der Waals surface area contributed by atoms with Crippen LogP contribution in [-0.2, 0) is 11.8 Å². The molecule has 7 aromatic rings. The summed E-state index contributed by atoms with van der Waals surface area (Å²) in [4.78, 5) is 6.92. The molecular weight excluding hydrogens is 655 g/mol. The highest BCUT2D eigenvalue weighted by Crippen LogP contribution is 2.50. The minimum absolute atomic E-state index is 0.0836. The van der Waals surface area contributed by atoms with Gasteiger partial charge in [0.15, 0.2) is 0 Å². The summed E-state index contributed by atoms with van der Waals surface area (Å²) in [6.45, 7) is 7.81. The van der Waals surface area contributed by atoms with Gasteiger partial charge in [-0.15, -0.1) is 0 Å². The molecule has 0 fully saturated rings. The van der Waals surface area contributed by atoms with E-state index >= 15 is 0 Å². The maximum Gasteiger partial charge on any atom is 0.0538 e. The number of aromatic nitrogens is 1. The second-order valence-electron chi connectivity index (χ2n) is 15.7. The molecule has 6 aromatic carbocycles. The van der Waals surface area contributed by atoms with Crippen molar-refractivity contribution in [3.05, 3.63) is 186 Å². The van der Waals surface area contributed by atoms with Crippen LogP contribution in [0.25, 0.3) is 44.9 Å². The van der Waals surface area contributed by atoms with Gasteiger partial charge in [0.1, 0.15) is 0 Å². The Kier molecular flexibility index (Phi) is 7.66. The van der Waals surface area contributed by atoms with Gasteiger partial charge in [0.2, 0.25) is 0 Å². The average Bonchev–Trinajstić information content (AvgIpc) is 3.66. The summed E-state index contributed by atoms with van der Waals surface area (Å²) in [6.07, 6.45) is 11.9. The van der Waals surface area contributed by atoms with Gasteiger partial charge in [-0.05, 0) is 118 Å². The number of aliphatic imine (C=N–C) groups is 1. The Morgan fingerprint density at radius 3 is 2.15 bits per heavy atom. The van der Waals surface area contributed by atoms with Crippen molar-refractivity contribution in [3.63, 3.8) is 0 Å². The summed E-state index contributed by atoms with van der Waals surface area (Å²) < 4.78 is 2.47. The van der Waals surface area contributed by atoms with Crippen molar-refractivity contribution in [1.82, 2.24) is 4.57 Å². The van der Waals surface area contributed by atoms with Crippen LogP contribution in [0.5, 0.6) is 0 Å². The summed E-state index contributed by atoms with van der Waals surface area (Å²) in [5, 5.41) is 1.31. The number of allylic oxidation sites excluding steroid dienone is 2. The van der Waals surface area contributed by atoms with Crippen LogP contribution in [0.15, 0.2) is 163 Å². The standard InChI is InChI=1S/C51H43N3/c1-34-15-26-45-46-31-37(20-28-49(46)54(50(45)30-34)39-11-5-4-6-12-39)35-16-21-40(22-17-35)53(41-23-18-36(19-24-41)38-10-9-29-52-33-38)42-25-27-44-43-13-7-8-14-47(43)51(2,3)48(44)32-42/h4-29,31-32,34,38H,30,33H2,1-3H3. The van der Waals surface area contributed by atoms with E-state index in [1.807, 2.05) is 6.21 Å². The Hall–Kier alpha value is -6.19. The van der Waals surface area contributed by atoms with Crippen molar-refractivity contribution in [2.24, 2.45) is 10.9 Å². The average molecular weight is 698 g/mol. The third kappa shape index (κ3) is 5.29. The molecule has 2 atom stereocenters. The third-order valence-electron chi connectivity index (χ3n) is 11.9. The van der Waals surface area contributed by atoms with E-state index in [9.17, 15) is 0 Å². The predicted molar refractivity (Wildman–Crippen MR) is 228 cm³/mol. The molecule has 0 amide bonds. The van der Waals surface area contributed by atoms with Crippen molar-refractivity contribution in [3.8, 4) is 27.9 Å². The Bertz CT molecular complexity index is 2640. The van der Waals surface area contributed by atoms with Crippen LogP contribution in [-0.4, -0.2) is 17.3 Å². The SMILES string of the molecule is CC1C=Cc2c(n(-c3ccccc3)c3ccc(-c4ccc(N(c5ccc(C6C=CC=NC6)cc5)c5ccc6c(c5)C(C)(C)c5ccccc5-6)cc4)cc23)C1. The van der Waals surface area contributed by atoms with E-state index < -0.39 is 0 Å². The lowest BCUT2D eigenvalue weighted by molar-refractivity contribution is 0.660. The zero-order valence-electron chi connectivity index (χ0n) is 31.1. The van der Waals surface area contributed by atoms with Crippen LogP contribution in [0.4, 0.5) is 17.1 Å². The Balaban J connectivity index is 1.05. The number of nitrogens with zero attached hydrogens (tertiary/aromatic N) is 3. The molecule has 1 aromatic heterocycles. The second-order valence-corrected chi connectivity index (χ2v) is 15.7. The molecule has 262 valence electrons. The molecule has 0 bridgehead atoms. The smallest absolute Gasteiger partial charge is 0.0538 e. The normalized spacial score (nSPS) is 17.7. The predicted octanol–water partition coefficient (Wildman–Crippen LogP) is 13.0. The zero-order chi connectivity index (χ0) is 36.4. The highest BCUT2D eigenvalue weighted by atomic mass is 15.1. The molecule has 0 radical (unpaired) electrons. The quantitative estimate of drug-likeness (QED) is 0.169. The first-order valence-corrected chi connectivity index (χ1v) is 19.3. The molecule has 2 unspecified atom stereocenters. The fourth-order valence-electron chi connectivity index (χ4n) is 9.09. The van der Waals surface area contributed by atoms with E-state index in [1.54, 1.807) is 0 Å². The molecule has 3 nitrogen and oxygen atoms in total. The van der Waals surface area contributed by atoms with Crippen LogP contribution >= 0.6 is 0 Å².